The van der Waals surface area contributed by atoms with Crippen molar-refractivity contribution < 1.29 is 20.1 Å². The van der Waals surface area contributed by atoms with E-state index in [4.69, 9.17) is 10.2 Å². The molecule has 1 aliphatic heterocycles. The number of hydrogen-bond acceptors (Lipinski definition) is 3. The molecule has 0 bridgehead atoms. The SMILES string of the molecule is O=C(O)N1CCC(c2ccc(CO)cc2)C1CO. The van der Waals surface area contributed by atoms with Crippen molar-refractivity contribution in [3.63, 3.8) is 0 Å². The Bertz CT molecular complexity index is 418. The molecular formula is C13H17NO4. The van der Waals surface area contributed by atoms with E-state index in [1.807, 2.05) is 24.3 Å². The van der Waals surface area contributed by atoms with Crippen LogP contribution in [0.4, 0.5) is 4.79 Å². The number of carbonyl (C=O) groups is 1. The molecule has 0 saturated carbocycles. The van der Waals surface area contributed by atoms with Gasteiger partial charge in [0.15, 0.2) is 0 Å². The molecule has 0 aliphatic carbocycles. The second-order valence-corrected chi connectivity index (χ2v) is 4.52. The molecule has 1 saturated heterocycles. The van der Waals surface area contributed by atoms with Crippen LogP contribution in [0, 0.1) is 0 Å². The number of carboxylic acid groups (broad SMARTS) is 1. The third-order valence-electron chi connectivity index (χ3n) is 3.57. The minimum absolute atomic E-state index is 0.00434. The van der Waals surface area contributed by atoms with Crippen LogP contribution in [-0.2, 0) is 6.61 Å². The maximum Gasteiger partial charge on any atom is 0.407 e. The molecule has 2 atom stereocenters. The highest BCUT2D eigenvalue weighted by atomic mass is 16.4. The van der Waals surface area contributed by atoms with Crippen LogP contribution in [-0.4, -0.2) is 45.5 Å². The van der Waals surface area contributed by atoms with Crippen molar-refractivity contribution in [2.45, 2.75) is 25.0 Å². The van der Waals surface area contributed by atoms with Gasteiger partial charge in [0.2, 0.25) is 0 Å². The summed E-state index contributed by atoms with van der Waals surface area (Å²) in [5.41, 5.74) is 1.84. The number of nitrogens with zero attached hydrogens (tertiary/aromatic N) is 1. The zero-order valence-electron chi connectivity index (χ0n) is 9.99. The van der Waals surface area contributed by atoms with Crippen molar-refractivity contribution in [1.82, 2.24) is 4.90 Å². The van der Waals surface area contributed by atoms with E-state index in [1.54, 1.807) is 0 Å². The minimum Gasteiger partial charge on any atom is -0.465 e. The van der Waals surface area contributed by atoms with Gasteiger partial charge in [0.05, 0.1) is 19.3 Å². The Balaban J connectivity index is 2.19. The molecule has 1 amide bonds. The molecular weight excluding hydrogens is 234 g/mol. The van der Waals surface area contributed by atoms with Gasteiger partial charge in [-0.15, -0.1) is 0 Å². The van der Waals surface area contributed by atoms with E-state index in [0.717, 1.165) is 17.5 Å². The molecule has 98 valence electrons. The lowest BCUT2D eigenvalue weighted by molar-refractivity contribution is 0.114. The lowest BCUT2D eigenvalue weighted by Gasteiger charge is -2.24. The highest BCUT2D eigenvalue weighted by Crippen LogP contribution is 2.33. The van der Waals surface area contributed by atoms with Crippen molar-refractivity contribution in [3.05, 3.63) is 35.4 Å². The topological polar surface area (TPSA) is 81.0 Å². The predicted octanol–water partition coefficient (Wildman–Crippen LogP) is 1.01. The van der Waals surface area contributed by atoms with Crippen LogP contribution < -0.4 is 0 Å². The van der Waals surface area contributed by atoms with E-state index in [0.29, 0.717) is 6.54 Å². The smallest absolute Gasteiger partial charge is 0.407 e. The molecule has 18 heavy (non-hydrogen) atoms. The summed E-state index contributed by atoms with van der Waals surface area (Å²) in [5.74, 6) is 0.0267. The third-order valence-corrected chi connectivity index (χ3v) is 3.57. The average Bonchev–Trinajstić information content (AvgIpc) is 2.82. The van der Waals surface area contributed by atoms with Gasteiger partial charge in [-0.3, -0.25) is 0 Å². The maximum atomic E-state index is 11.0. The van der Waals surface area contributed by atoms with Gasteiger partial charge < -0.3 is 20.2 Å². The van der Waals surface area contributed by atoms with Gasteiger partial charge in [-0.2, -0.15) is 0 Å². The number of benzene rings is 1. The number of aliphatic hydroxyl groups excluding tert-OH is 2. The van der Waals surface area contributed by atoms with Gasteiger partial charge in [-0.05, 0) is 17.5 Å². The quantitative estimate of drug-likeness (QED) is 0.748. The average molecular weight is 251 g/mol. The first-order valence-electron chi connectivity index (χ1n) is 5.97. The van der Waals surface area contributed by atoms with Gasteiger partial charge in [0.1, 0.15) is 0 Å². The first-order chi connectivity index (χ1) is 8.67. The second-order valence-electron chi connectivity index (χ2n) is 4.52. The summed E-state index contributed by atoms with van der Waals surface area (Å²) in [6.45, 7) is 0.279. The maximum absolute atomic E-state index is 11.0. The zero-order chi connectivity index (χ0) is 13.1. The molecule has 1 heterocycles. The Morgan fingerprint density at radius 2 is 1.94 bits per heavy atom. The Morgan fingerprint density at radius 1 is 1.28 bits per heavy atom. The first kappa shape index (κ1) is 12.9. The largest absolute Gasteiger partial charge is 0.465 e. The lowest BCUT2D eigenvalue weighted by Crippen LogP contribution is -2.38. The lowest BCUT2D eigenvalue weighted by atomic mass is 9.91. The van der Waals surface area contributed by atoms with Crippen molar-refractivity contribution in [3.8, 4) is 0 Å². The molecule has 1 aliphatic rings. The third kappa shape index (κ3) is 2.32. The number of rotatable bonds is 3. The van der Waals surface area contributed by atoms with Crippen LogP contribution in [0.5, 0.6) is 0 Å². The first-order valence-corrected chi connectivity index (χ1v) is 5.97. The van der Waals surface area contributed by atoms with E-state index in [-0.39, 0.29) is 25.2 Å². The summed E-state index contributed by atoms with van der Waals surface area (Å²) in [7, 11) is 0. The van der Waals surface area contributed by atoms with Crippen molar-refractivity contribution in [1.29, 1.82) is 0 Å². The fraction of sp³-hybridized carbons (Fsp3) is 0.462. The van der Waals surface area contributed by atoms with Gasteiger partial charge in [-0.1, -0.05) is 24.3 Å². The molecule has 0 spiro atoms. The molecule has 1 aromatic rings. The Labute approximate surface area is 105 Å². The normalized spacial score (nSPS) is 23.3. The van der Waals surface area contributed by atoms with Crippen LogP contribution in [0.25, 0.3) is 0 Å². The Morgan fingerprint density at radius 3 is 2.44 bits per heavy atom. The van der Waals surface area contributed by atoms with Crippen LogP contribution in [0.2, 0.25) is 0 Å². The fourth-order valence-electron chi connectivity index (χ4n) is 2.58. The summed E-state index contributed by atoms with van der Waals surface area (Å²) < 4.78 is 0. The van der Waals surface area contributed by atoms with Gasteiger partial charge in [-0.25, -0.2) is 4.79 Å². The summed E-state index contributed by atoms with van der Waals surface area (Å²) in [5, 5.41) is 27.4. The molecule has 5 nitrogen and oxygen atoms in total. The zero-order valence-corrected chi connectivity index (χ0v) is 9.99. The monoisotopic (exact) mass is 251 g/mol. The molecule has 1 aromatic carbocycles. The van der Waals surface area contributed by atoms with Crippen molar-refractivity contribution in [2.24, 2.45) is 0 Å². The Hall–Kier alpha value is -1.59. The van der Waals surface area contributed by atoms with E-state index in [1.165, 1.54) is 4.90 Å². The van der Waals surface area contributed by atoms with Crippen molar-refractivity contribution in [2.75, 3.05) is 13.2 Å². The fourth-order valence-corrected chi connectivity index (χ4v) is 2.58. The standard InChI is InChI=1S/C13H17NO4/c15-7-9-1-3-10(4-2-9)11-5-6-14(13(17)18)12(11)8-16/h1-4,11-12,15-16H,5-8H2,(H,17,18). The minimum atomic E-state index is -0.983. The van der Waals surface area contributed by atoms with Gasteiger partial charge >= 0.3 is 6.09 Å². The summed E-state index contributed by atoms with van der Waals surface area (Å²) in [6, 6.07) is 7.07. The van der Waals surface area contributed by atoms with Gasteiger partial charge in [0, 0.05) is 12.5 Å². The number of hydrogen-bond donors (Lipinski definition) is 3. The van der Waals surface area contributed by atoms with E-state index in [9.17, 15) is 9.90 Å². The molecule has 3 N–H and O–H groups in total. The molecule has 0 radical (unpaired) electrons. The molecule has 1 fully saturated rings. The van der Waals surface area contributed by atoms with E-state index < -0.39 is 6.09 Å². The highest BCUT2D eigenvalue weighted by molar-refractivity contribution is 5.66. The second kappa shape index (κ2) is 5.37. The molecule has 2 rings (SSSR count). The van der Waals surface area contributed by atoms with Gasteiger partial charge in [0.25, 0.3) is 0 Å². The van der Waals surface area contributed by atoms with Crippen LogP contribution in [0.3, 0.4) is 0 Å². The number of amides is 1. The number of likely N-dealkylation sites (tertiary alicyclic amines) is 1. The molecule has 5 heteroatoms. The van der Waals surface area contributed by atoms with Crippen LogP contribution in [0.1, 0.15) is 23.5 Å². The van der Waals surface area contributed by atoms with E-state index in [2.05, 4.69) is 0 Å². The highest BCUT2D eigenvalue weighted by Gasteiger charge is 2.37. The van der Waals surface area contributed by atoms with Crippen LogP contribution >= 0.6 is 0 Å². The van der Waals surface area contributed by atoms with Crippen LogP contribution in [0.15, 0.2) is 24.3 Å². The molecule has 0 aromatic heterocycles. The van der Waals surface area contributed by atoms with Crippen molar-refractivity contribution >= 4 is 6.09 Å². The summed E-state index contributed by atoms with van der Waals surface area (Å²) >= 11 is 0. The Kier molecular flexibility index (Phi) is 3.84. The predicted molar refractivity (Wildman–Crippen MR) is 65.3 cm³/mol. The summed E-state index contributed by atoms with van der Waals surface area (Å²) in [4.78, 5) is 12.3. The number of aliphatic hydroxyl groups is 2. The molecule has 2 unspecified atom stereocenters. The summed E-state index contributed by atoms with van der Waals surface area (Å²) in [6.07, 6.45) is -0.265. The van der Waals surface area contributed by atoms with E-state index >= 15 is 0 Å².